The largest absolute Gasteiger partial charge is 0.478 e. The summed E-state index contributed by atoms with van der Waals surface area (Å²) in [5, 5.41) is 24.5. The molecular formula is C18H22N6O6S3. The van der Waals surface area contributed by atoms with Crippen molar-refractivity contribution in [2.45, 2.75) is 10.6 Å². The molecule has 0 aliphatic heterocycles. The van der Waals surface area contributed by atoms with Crippen molar-refractivity contribution >= 4 is 62.9 Å². The van der Waals surface area contributed by atoms with Gasteiger partial charge in [0.25, 0.3) is 10.0 Å². The van der Waals surface area contributed by atoms with Crippen molar-refractivity contribution in [1.82, 2.24) is 9.71 Å². The van der Waals surface area contributed by atoms with Gasteiger partial charge in [-0.3, -0.25) is 9.71 Å². The van der Waals surface area contributed by atoms with Gasteiger partial charge >= 0.3 is 11.9 Å². The third-order valence-corrected chi connectivity index (χ3v) is 6.25. The minimum absolute atomic E-state index is 0.212. The number of anilines is 1. The van der Waals surface area contributed by atoms with Crippen molar-refractivity contribution in [1.29, 1.82) is 0 Å². The van der Waals surface area contributed by atoms with Crippen molar-refractivity contribution in [3.8, 4) is 0 Å². The van der Waals surface area contributed by atoms with Crippen LogP contribution in [0.15, 0.2) is 62.9 Å². The van der Waals surface area contributed by atoms with Crippen LogP contribution in [-0.2, 0) is 25.4 Å². The molecule has 0 amide bonds. The molecular weight excluding hydrogens is 492 g/mol. The topological polar surface area (TPSA) is 196 Å². The third kappa shape index (κ3) is 12.9. The summed E-state index contributed by atoms with van der Waals surface area (Å²) in [5.41, 5.74) is 0.955. The van der Waals surface area contributed by atoms with E-state index in [0.29, 0.717) is 18.7 Å². The Labute approximate surface area is 198 Å². The van der Waals surface area contributed by atoms with Crippen LogP contribution in [0.4, 0.5) is 5.13 Å². The van der Waals surface area contributed by atoms with Gasteiger partial charge in [-0.05, 0) is 12.1 Å². The Morgan fingerprint density at radius 1 is 1.15 bits per heavy atom. The minimum atomic E-state index is -3.54. The molecule has 0 aliphatic rings. The Morgan fingerprint density at radius 3 is 2.42 bits per heavy atom. The maximum atomic E-state index is 11.9. The van der Waals surface area contributed by atoms with Crippen molar-refractivity contribution in [2.24, 2.45) is 15.9 Å². The number of hydrogen-bond acceptors (Lipinski definition) is 10. The second-order valence-electron chi connectivity index (χ2n) is 5.60. The number of rotatable bonds is 12. The fourth-order valence-corrected chi connectivity index (χ4v) is 4.19. The zero-order valence-corrected chi connectivity index (χ0v) is 19.5. The maximum Gasteiger partial charge on any atom is 0.328 e. The number of benzene rings is 1. The van der Waals surface area contributed by atoms with Crippen LogP contribution in [0.2, 0.25) is 0 Å². The fourth-order valence-electron chi connectivity index (χ4n) is 1.81. The van der Waals surface area contributed by atoms with Gasteiger partial charge in [-0.1, -0.05) is 18.2 Å². The molecule has 1 heterocycles. The molecule has 178 valence electrons. The molecule has 0 saturated carbocycles. The van der Waals surface area contributed by atoms with E-state index in [2.05, 4.69) is 25.1 Å². The molecule has 6 N–H and O–H groups in total. The molecule has 15 heteroatoms. The second-order valence-corrected chi connectivity index (χ2v) is 9.28. The van der Waals surface area contributed by atoms with E-state index in [-0.39, 0.29) is 4.90 Å². The summed E-state index contributed by atoms with van der Waals surface area (Å²) in [5.74, 6) is 4.00. The zero-order chi connectivity index (χ0) is 24.5. The van der Waals surface area contributed by atoms with E-state index in [1.165, 1.54) is 36.1 Å². The highest BCUT2D eigenvalue weighted by Crippen LogP contribution is 2.18. The molecule has 0 saturated heterocycles. The first-order valence-electron chi connectivity index (χ1n) is 8.94. The molecule has 2 aromatic rings. The Hall–Kier alpha value is -3.43. The highest BCUT2D eigenvalue weighted by Gasteiger charge is 2.10. The van der Waals surface area contributed by atoms with Crippen molar-refractivity contribution in [3.05, 3.63) is 53.6 Å². The smallest absolute Gasteiger partial charge is 0.328 e. The monoisotopic (exact) mass is 514 g/mol. The number of nitrogens with one attached hydrogen (secondary N) is 2. The van der Waals surface area contributed by atoms with Crippen LogP contribution in [0.1, 0.15) is 5.69 Å². The summed E-state index contributed by atoms with van der Waals surface area (Å²) in [6.07, 6.45) is 3.71. The first-order chi connectivity index (χ1) is 15.7. The zero-order valence-electron chi connectivity index (χ0n) is 17.1. The Kier molecular flexibility index (Phi) is 12.9. The number of nitrogens with two attached hydrogens (primary N) is 1. The molecule has 12 nitrogen and oxygen atoms in total. The number of carboxylic acids is 2. The molecule has 33 heavy (non-hydrogen) atoms. The first kappa shape index (κ1) is 27.6. The molecule has 0 spiro atoms. The van der Waals surface area contributed by atoms with Gasteiger partial charge in [0.05, 0.1) is 16.9 Å². The lowest BCUT2D eigenvalue weighted by Gasteiger charge is -2.02. The van der Waals surface area contributed by atoms with Gasteiger partial charge < -0.3 is 21.4 Å². The SMILES string of the molecule is NN=CNc1nc(CSCCN=CNS(=O)(=O)c2ccccc2)cs1.O=C(O)C=CC(=O)O. The molecule has 0 atom stereocenters. The Morgan fingerprint density at radius 2 is 1.82 bits per heavy atom. The summed E-state index contributed by atoms with van der Waals surface area (Å²) in [7, 11) is -3.54. The first-order valence-corrected chi connectivity index (χ1v) is 12.5. The maximum absolute atomic E-state index is 11.9. The second kappa shape index (κ2) is 15.4. The predicted molar refractivity (Wildman–Crippen MR) is 129 cm³/mol. The van der Waals surface area contributed by atoms with E-state index >= 15 is 0 Å². The summed E-state index contributed by atoms with van der Waals surface area (Å²) in [6, 6.07) is 8.16. The van der Waals surface area contributed by atoms with Crippen molar-refractivity contribution < 1.29 is 28.2 Å². The van der Waals surface area contributed by atoms with Gasteiger partial charge in [-0.2, -0.15) is 16.9 Å². The molecule has 0 bridgehead atoms. The van der Waals surface area contributed by atoms with Crippen LogP contribution >= 0.6 is 23.1 Å². The number of nitrogens with zero attached hydrogens (tertiary/aromatic N) is 3. The number of thiazole rings is 1. The van der Waals surface area contributed by atoms with Crippen LogP contribution < -0.4 is 15.9 Å². The summed E-state index contributed by atoms with van der Waals surface area (Å²) >= 11 is 3.14. The van der Waals surface area contributed by atoms with Crippen LogP contribution in [0.5, 0.6) is 0 Å². The van der Waals surface area contributed by atoms with Crippen molar-refractivity contribution in [2.75, 3.05) is 17.6 Å². The molecule has 0 fully saturated rings. The fraction of sp³-hybridized carbons (Fsp3) is 0.167. The standard InChI is InChI=1S/C14H18N6O2S3.C4H4O4/c15-18-11-17-14-20-12(9-24-14)8-23-7-6-16-10-19-25(21,22)13-4-2-1-3-5-13;5-3(6)1-2-4(7)8/h1-5,9-11H,6-8,15H2,(H,16,19)(H,17,18,20);1-2H,(H,5,6)(H,7,8). The number of aliphatic carboxylic acids is 2. The van der Waals surface area contributed by atoms with Gasteiger partial charge in [0.2, 0.25) is 0 Å². The van der Waals surface area contributed by atoms with Gasteiger partial charge in [-0.15, -0.1) is 11.3 Å². The Balaban J connectivity index is 0.000000582. The van der Waals surface area contributed by atoms with E-state index in [0.717, 1.165) is 22.3 Å². The lowest BCUT2D eigenvalue weighted by molar-refractivity contribution is -0.134. The quantitative estimate of drug-likeness (QED) is 0.0689. The number of thioether (sulfide) groups is 1. The number of sulfonamides is 1. The molecule has 2 rings (SSSR count). The lowest BCUT2D eigenvalue weighted by Crippen LogP contribution is -2.22. The number of aromatic nitrogens is 1. The van der Waals surface area contributed by atoms with Crippen LogP contribution in [0, 0.1) is 0 Å². The number of hydrogen-bond donors (Lipinski definition) is 5. The van der Waals surface area contributed by atoms with Gasteiger partial charge in [0.1, 0.15) is 6.34 Å². The molecule has 1 aromatic carbocycles. The lowest BCUT2D eigenvalue weighted by atomic mass is 10.4. The third-order valence-electron chi connectivity index (χ3n) is 3.15. The number of aliphatic imine (C=N–C) groups is 1. The average Bonchev–Trinajstić information content (AvgIpc) is 3.24. The minimum Gasteiger partial charge on any atom is -0.478 e. The van der Waals surface area contributed by atoms with E-state index < -0.39 is 22.0 Å². The average molecular weight is 515 g/mol. The summed E-state index contributed by atoms with van der Waals surface area (Å²) < 4.78 is 26.2. The van der Waals surface area contributed by atoms with E-state index in [1.54, 1.807) is 30.0 Å². The Bertz CT molecular complexity index is 1050. The highest BCUT2D eigenvalue weighted by atomic mass is 32.2. The number of hydrazone groups is 1. The number of carbonyl (C=O) groups is 2. The van der Waals surface area contributed by atoms with E-state index in [4.69, 9.17) is 16.1 Å². The molecule has 1 aromatic heterocycles. The van der Waals surface area contributed by atoms with Crippen LogP contribution in [0.3, 0.4) is 0 Å². The van der Waals surface area contributed by atoms with Gasteiger partial charge in [0, 0.05) is 35.6 Å². The summed E-state index contributed by atoms with van der Waals surface area (Å²) in [6.45, 7) is 0.511. The normalized spacial score (nSPS) is 11.4. The van der Waals surface area contributed by atoms with E-state index in [9.17, 15) is 18.0 Å². The van der Waals surface area contributed by atoms with E-state index in [1.807, 2.05) is 5.38 Å². The van der Waals surface area contributed by atoms with Crippen LogP contribution in [0.25, 0.3) is 0 Å². The molecule has 0 aliphatic carbocycles. The molecule has 0 unspecified atom stereocenters. The summed E-state index contributed by atoms with van der Waals surface area (Å²) in [4.78, 5) is 27.7. The number of carboxylic acid groups (broad SMARTS) is 2. The molecule has 0 radical (unpaired) electrons. The van der Waals surface area contributed by atoms with Gasteiger partial charge in [-0.25, -0.2) is 23.0 Å². The highest BCUT2D eigenvalue weighted by molar-refractivity contribution is 7.98. The predicted octanol–water partition coefficient (Wildman–Crippen LogP) is 1.41. The van der Waals surface area contributed by atoms with Crippen LogP contribution in [-0.4, -0.2) is 60.5 Å². The van der Waals surface area contributed by atoms with Gasteiger partial charge in [0.15, 0.2) is 5.13 Å². The van der Waals surface area contributed by atoms with Crippen molar-refractivity contribution in [3.63, 3.8) is 0 Å².